The topological polar surface area (TPSA) is 136 Å². The number of benzene rings is 3. The number of piperidine rings is 1. The van der Waals surface area contributed by atoms with E-state index < -0.39 is 10.0 Å². The molecular formula is C32H34N6O3S. The fourth-order valence-corrected chi connectivity index (χ4v) is 5.49. The van der Waals surface area contributed by atoms with Gasteiger partial charge in [-0.1, -0.05) is 30.0 Å². The Balaban J connectivity index is 1.17. The maximum Gasteiger partial charge on any atom is 0.238 e. The second-order valence-electron chi connectivity index (χ2n) is 10.5. The molecule has 42 heavy (non-hydrogen) atoms. The number of nitrogen functional groups attached to an aromatic ring is 1. The van der Waals surface area contributed by atoms with Gasteiger partial charge in [-0.05, 0) is 85.8 Å². The van der Waals surface area contributed by atoms with Crippen LogP contribution in [0.4, 0.5) is 11.6 Å². The van der Waals surface area contributed by atoms with Gasteiger partial charge in [0, 0.05) is 54.8 Å². The van der Waals surface area contributed by atoms with Crippen LogP contribution in [0.3, 0.4) is 0 Å². The normalized spacial score (nSPS) is 14.2. The Morgan fingerprint density at radius 3 is 2.33 bits per heavy atom. The smallest absolute Gasteiger partial charge is 0.238 e. The van der Waals surface area contributed by atoms with Crippen LogP contribution in [0.1, 0.15) is 40.7 Å². The van der Waals surface area contributed by atoms with E-state index in [-0.39, 0.29) is 10.9 Å². The molecule has 0 bridgehead atoms. The van der Waals surface area contributed by atoms with Crippen molar-refractivity contribution >= 4 is 21.7 Å². The molecule has 1 aliphatic rings. The van der Waals surface area contributed by atoms with Crippen LogP contribution in [-0.4, -0.2) is 42.4 Å². The molecule has 9 nitrogen and oxygen atoms in total. The second-order valence-corrected chi connectivity index (χ2v) is 12.1. The molecule has 0 radical (unpaired) electrons. The minimum Gasteiger partial charge on any atom is -0.438 e. The van der Waals surface area contributed by atoms with Crippen LogP contribution >= 0.6 is 0 Å². The maximum absolute atomic E-state index is 11.5. The molecule has 1 aliphatic heterocycles. The maximum atomic E-state index is 11.5. The molecule has 4 aromatic rings. The average Bonchev–Trinajstić information content (AvgIpc) is 2.95. The fourth-order valence-electron chi connectivity index (χ4n) is 4.98. The van der Waals surface area contributed by atoms with E-state index in [1.807, 2.05) is 62.4 Å². The van der Waals surface area contributed by atoms with Crippen molar-refractivity contribution in [2.75, 3.05) is 24.1 Å². The summed E-state index contributed by atoms with van der Waals surface area (Å²) in [5, 5.41) is 8.65. The van der Waals surface area contributed by atoms with E-state index in [0.29, 0.717) is 17.5 Å². The lowest BCUT2D eigenvalue weighted by Crippen LogP contribution is -2.39. The van der Waals surface area contributed by atoms with Gasteiger partial charge in [0.05, 0.1) is 4.90 Å². The number of nitrogens with two attached hydrogens (primary N) is 2. The van der Waals surface area contributed by atoms with E-state index in [9.17, 15) is 8.42 Å². The Labute approximate surface area is 247 Å². The Kier molecular flexibility index (Phi) is 8.73. The summed E-state index contributed by atoms with van der Waals surface area (Å²) in [7, 11) is -3.68. The van der Waals surface area contributed by atoms with Crippen LogP contribution in [-0.2, 0) is 16.6 Å². The third kappa shape index (κ3) is 7.64. The predicted octanol–water partition coefficient (Wildman–Crippen LogP) is 4.59. The summed E-state index contributed by atoms with van der Waals surface area (Å²) in [5.74, 6) is 8.13. The lowest BCUT2D eigenvalue weighted by molar-refractivity contribution is 0.211. The Morgan fingerprint density at radius 2 is 1.67 bits per heavy atom. The Hall–Kier alpha value is -4.43. The van der Waals surface area contributed by atoms with Crippen molar-refractivity contribution in [3.05, 3.63) is 101 Å². The lowest BCUT2D eigenvalue weighted by Gasteiger charge is -2.32. The van der Waals surface area contributed by atoms with Crippen LogP contribution < -0.4 is 20.9 Å². The van der Waals surface area contributed by atoms with E-state index in [4.69, 9.17) is 15.6 Å². The number of primary sulfonamides is 1. The number of nitrogens with one attached hydrogen (secondary N) is 1. The van der Waals surface area contributed by atoms with Crippen molar-refractivity contribution < 1.29 is 13.2 Å². The van der Waals surface area contributed by atoms with Crippen molar-refractivity contribution in [2.24, 2.45) is 5.14 Å². The molecule has 5 N–H and O–H groups in total. The number of ether oxygens (including phenoxy) is 1. The highest BCUT2D eigenvalue weighted by Crippen LogP contribution is 2.29. The Bertz CT molecular complexity index is 1720. The summed E-state index contributed by atoms with van der Waals surface area (Å²) in [4.78, 5) is 11.5. The Morgan fingerprint density at radius 1 is 0.976 bits per heavy atom. The SMILES string of the molecule is Cc1cc(C#Cc2cccc(N)c2)cc(C)c1Oc1ccnc(NC2CCN(Cc3ccc(S(N)(=O)=O)cc3)CC2)n1. The highest BCUT2D eigenvalue weighted by Gasteiger charge is 2.20. The molecule has 5 rings (SSSR count). The summed E-state index contributed by atoms with van der Waals surface area (Å²) >= 11 is 0. The van der Waals surface area contributed by atoms with Crippen molar-refractivity contribution in [1.82, 2.24) is 14.9 Å². The molecule has 0 saturated carbocycles. The summed E-state index contributed by atoms with van der Waals surface area (Å²) < 4.78 is 29.2. The molecule has 0 unspecified atom stereocenters. The standard InChI is InChI=1S/C32H34N6O3S/c1-22-18-26(7-6-24-4-3-5-27(33)20-24)19-23(2)31(22)41-30-12-15-35-32(37-30)36-28-13-16-38(17-14-28)21-25-8-10-29(11-9-25)42(34,39)40/h3-5,8-12,15,18-20,28H,13-14,16-17,21,33H2,1-2H3,(H2,34,39,40)(H,35,36,37). The first-order chi connectivity index (χ1) is 20.1. The van der Waals surface area contributed by atoms with E-state index in [0.717, 1.165) is 66.0 Å². The first-order valence-corrected chi connectivity index (χ1v) is 15.3. The number of aryl methyl sites for hydroxylation is 2. The summed E-state index contributed by atoms with van der Waals surface area (Å²) in [5.41, 5.74) is 11.3. The van der Waals surface area contributed by atoms with Gasteiger partial charge >= 0.3 is 0 Å². The molecule has 10 heteroatoms. The van der Waals surface area contributed by atoms with Crippen LogP contribution in [0.25, 0.3) is 0 Å². The number of anilines is 2. The third-order valence-corrected chi connectivity index (χ3v) is 8.04. The minimum atomic E-state index is -3.68. The van der Waals surface area contributed by atoms with Gasteiger partial charge in [-0.2, -0.15) is 4.98 Å². The quantitative estimate of drug-likeness (QED) is 0.213. The van der Waals surface area contributed by atoms with Gasteiger partial charge < -0.3 is 15.8 Å². The summed E-state index contributed by atoms with van der Waals surface area (Å²) in [6.07, 6.45) is 3.56. The molecule has 216 valence electrons. The second kappa shape index (κ2) is 12.6. The summed E-state index contributed by atoms with van der Waals surface area (Å²) in [6.45, 7) is 6.54. The molecular weight excluding hydrogens is 548 g/mol. The van der Waals surface area contributed by atoms with Gasteiger partial charge in [0.15, 0.2) is 0 Å². The minimum absolute atomic E-state index is 0.127. The van der Waals surface area contributed by atoms with E-state index in [2.05, 4.69) is 32.0 Å². The van der Waals surface area contributed by atoms with E-state index >= 15 is 0 Å². The molecule has 0 atom stereocenters. The number of hydrogen-bond donors (Lipinski definition) is 3. The van der Waals surface area contributed by atoms with Gasteiger partial charge in [0.1, 0.15) is 5.75 Å². The molecule has 3 aromatic carbocycles. The lowest BCUT2D eigenvalue weighted by atomic mass is 10.0. The molecule has 2 heterocycles. The molecule has 1 aromatic heterocycles. The molecule has 0 spiro atoms. The first-order valence-electron chi connectivity index (χ1n) is 13.7. The van der Waals surface area contributed by atoms with Gasteiger partial charge in [0.2, 0.25) is 21.9 Å². The number of likely N-dealkylation sites (tertiary alicyclic amines) is 1. The molecule has 1 fully saturated rings. The number of rotatable bonds is 7. The van der Waals surface area contributed by atoms with Crippen LogP contribution in [0.5, 0.6) is 11.6 Å². The summed E-state index contributed by atoms with van der Waals surface area (Å²) in [6, 6.07) is 20.3. The van der Waals surface area contributed by atoms with Crippen molar-refractivity contribution in [3.8, 4) is 23.5 Å². The number of hydrogen-bond acceptors (Lipinski definition) is 8. The highest BCUT2D eigenvalue weighted by atomic mass is 32.2. The van der Waals surface area contributed by atoms with Crippen LogP contribution in [0.2, 0.25) is 0 Å². The average molecular weight is 583 g/mol. The zero-order chi connectivity index (χ0) is 29.7. The number of nitrogens with zero attached hydrogens (tertiary/aromatic N) is 3. The number of aromatic nitrogens is 2. The van der Waals surface area contributed by atoms with E-state index in [1.54, 1.807) is 24.4 Å². The van der Waals surface area contributed by atoms with Crippen molar-refractivity contribution in [3.63, 3.8) is 0 Å². The highest BCUT2D eigenvalue weighted by molar-refractivity contribution is 7.89. The van der Waals surface area contributed by atoms with Gasteiger partial charge in [-0.25, -0.2) is 18.5 Å². The monoisotopic (exact) mass is 582 g/mol. The van der Waals surface area contributed by atoms with Gasteiger partial charge in [-0.15, -0.1) is 0 Å². The third-order valence-electron chi connectivity index (χ3n) is 7.11. The molecule has 1 saturated heterocycles. The van der Waals surface area contributed by atoms with Gasteiger partial charge in [-0.3, -0.25) is 4.90 Å². The number of sulfonamides is 1. The van der Waals surface area contributed by atoms with Crippen molar-refractivity contribution in [2.45, 2.75) is 44.2 Å². The van der Waals surface area contributed by atoms with Crippen LogP contribution in [0, 0.1) is 25.7 Å². The van der Waals surface area contributed by atoms with Crippen molar-refractivity contribution in [1.29, 1.82) is 0 Å². The zero-order valence-electron chi connectivity index (χ0n) is 23.7. The van der Waals surface area contributed by atoms with E-state index in [1.165, 1.54) is 0 Å². The predicted molar refractivity (Wildman–Crippen MR) is 165 cm³/mol. The first kappa shape index (κ1) is 29.1. The zero-order valence-corrected chi connectivity index (χ0v) is 24.5. The largest absolute Gasteiger partial charge is 0.438 e. The molecule has 0 amide bonds. The fraction of sp³-hybridized carbons (Fsp3) is 0.250. The van der Waals surface area contributed by atoms with Gasteiger partial charge in [0.25, 0.3) is 0 Å². The van der Waals surface area contributed by atoms with Crippen LogP contribution in [0.15, 0.2) is 77.8 Å². The molecule has 0 aliphatic carbocycles.